The Kier molecular flexibility index (Phi) is 4.17. The zero-order valence-electron chi connectivity index (χ0n) is 17.4. The summed E-state index contributed by atoms with van der Waals surface area (Å²) in [5.41, 5.74) is 5.62. The van der Waals surface area contributed by atoms with Crippen LogP contribution in [0.15, 0.2) is 6.07 Å². The van der Waals surface area contributed by atoms with E-state index in [1.165, 1.54) is 11.1 Å². The van der Waals surface area contributed by atoms with Gasteiger partial charge in [-0.15, -0.1) is 0 Å². The number of rotatable bonds is 4. The SMILES string of the molecule is COc1cc2c(c(OC)c1OC)C[C@H]1c3c(c(OC)c4c(c3-2)OCO4)CCN1C. The molecule has 0 unspecified atom stereocenters. The van der Waals surface area contributed by atoms with E-state index in [-0.39, 0.29) is 12.8 Å². The molecule has 2 aromatic rings. The maximum absolute atomic E-state index is 5.97. The van der Waals surface area contributed by atoms with Gasteiger partial charge in [-0.1, -0.05) is 0 Å². The van der Waals surface area contributed by atoms with Crippen LogP contribution in [0.4, 0.5) is 0 Å². The maximum Gasteiger partial charge on any atom is 0.231 e. The van der Waals surface area contributed by atoms with Gasteiger partial charge in [0.15, 0.2) is 23.0 Å². The van der Waals surface area contributed by atoms with Crippen LogP contribution in [0.25, 0.3) is 11.1 Å². The van der Waals surface area contributed by atoms with Crippen LogP contribution in [0.2, 0.25) is 0 Å². The molecule has 0 saturated carbocycles. The van der Waals surface area contributed by atoms with Crippen molar-refractivity contribution in [2.24, 2.45) is 0 Å². The third kappa shape index (κ3) is 2.34. The minimum atomic E-state index is 0.182. The monoisotopic (exact) mass is 399 g/mol. The van der Waals surface area contributed by atoms with Crippen molar-refractivity contribution in [2.75, 3.05) is 48.8 Å². The van der Waals surface area contributed by atoms with Gasteiger partial charge in [0, 0.05) is 29.3 Å². The molecule has 0 spiro atoms. The zero-order chi connectivity index (χ0) is 20.3. The Bertz CT molecular complexity index is 1000. The lowest BCUT2D eigenvalue weighted by molar-refractivity contribution is 0.171. The maximum atomic E-state index is 5.97. The fraction of sp³-hybridized carbons (Fsp3) is 0.455. The highest BCUT2D eigenvalue weighted by atomic mass is 16.7. The molecule has 154 valence electrons. The van der Waals surface area contributed by atoms with Gasteiger partial charge in [-0.3, -0.25) is 4.90 Å². The molecule has 1 aliphatic carbocycles. The molecule has 2 heterocycles. The molecule has 3 aliphatic rings. The smallest absolute Gasteiger partial charge is 0.231 e. The summed E-state index contributed by atoms with van der Waals surface area (Å²) >= 11 is 0. The number of nitrogens with zero attached hydrogens (tertiary/aromatic N) is 1. The summed E-state index contributed by atoms with van der Waals surface area (Å²) in [4.78, 5) is 2.38. The minimum absolute atomic E-state index is 0.182. The van der Waals surface area contributed by atoms with E-state index in [9.17, 15) is 0 Å². The molecule has 0 fully saturated rings. The lowest BCUT2D eigenvalue weighted by Crippen LogP contribution is -2.36. The predicted molar refractivity (Wildman–Crippen MR) is 107 cm³/mol. The summed E-state index contributed by atoms with van der Waals surface area (Å²) in [6.45, 7) is 1.12. The number of benzene rings is 2. The summed E-state index contributed by atoms with van der Waals surface area (Å²) in [7, 11) is 8.79. The quantitative estimate of drug-likeness (QED) is 0.782. The highest BCUT2D eigenvalue weighted by Gasteiger charge is 2.42. The average Bonchev–Trinajstić information content (AvgIpc) is 3.23. The summed E-state index contributed by atoms with van der Waals surface area (Å²) in [5, 5.41) is 0. The van der Waals surface area contributed by atoms with Crippen LogP contribution < -0.4 is 28.4 Å². The Hall–Kier alpha value is -2.80. The number of ether oxygens (including phenoxy) is 6. The first kappa shape index (κ1) is 18.2. The predicted octanol–water partition coefficient (Wildman–Crippen LogP) is 3.20. The van der Waals surface area contributed by atoms with Gasteiger partial charge < -0.3 is 28.4 Å². The second-order valence-electron chi connectivity index (χ2n) is 7.49. The highest BCUT2D eigenvalue weighted by molar-refractivity contribution is 5.89. The van der Waals surface area contributed by atoms with E-state index in [1.807, 2.05) is 6.07 Å². The van der Waals surface area contributed by atoms with Gasteiger partial charge in [-0.05, 0) is 37.1 Å². The lowest BCUT2D eigenvalue weighted by Gasteiger charge is -2.41. The van der Waals surface area contributed by atoms with Crippen molar-refractivity contribution in [3.05, 3.63) is 22.8 Å². The van der Waals surface area contributed by atoms with Crippen LogP contribution >= 0.6 is 0 Å². The van der Waals surface area contributed by atoms with Crippen LogP contribution in [0.5, 0.6) is 34.5 Å². The number of methoxy groups -OCH3 is 4. The fourth-order valence-electron chi connectivity index (χ4n) is 5.02. The number of fused-ring (bicyclic) bond motifs is 4. The first-order chi connectivity index (χ1) is 14.1. The van der Waals surface area contributed by atoms with E-state index in [0.717, 1.165) is 47.6 Å². The van der Waals surface area contributed by atoms with Crippen LogP contribution in [0.1, 0.15) is 22.7 Å². The van der Waals surface area contributed by atoms with Crippen LogP contribution in [-0.4, -0.2) is 53.7 Å². The molecule has 2 aliphatic heterocycles. The number of likely N-dealkylation sites (N-methyl/N-ethyl adjacent to an activating group) is 1. The van der Waals surface area contributed by atoms with Crippen molar-refractivity contribution in [1.82, 2.24) is 4.90 Å². The Balaban J connectivity index is 1.90. The Morgan fingerprint density at radius 2 is 1.62 bits per heavy atom. The van der Waals surface area contributed by atoms with Gasteiger partial charge in [0.25, 0.3) is 0 Å². The first-order valence-corrected chi connectivity index (χ1v) is 9.69. The summed E-state index contributed by atoms with van der Waals surface area (Å²) in [5.74, 6) is 4.16. The topological polar surface area (TPSA) is 58.6 Å². The Morgan fingerprint density at radius 1 is 0.897 bits per heavy atom. The molecule has 5 rings (SSSR count). The first-order valence-electron chi connectivity index (χ1n) is 9.69. The highest BCUT2D eigenvalue weighted by Crippen LogP contribution is 2.60. The molecule has 7 nitrogen and oxygen atoms in total. The Morgan fingerprint density at radius 3 is 2.31 bits per heavy atom. The van der Waals surface area contributed by atoms with E-state index in [0.29, 0.717) is 23.0 Å². The number of hydrogen-bond acceptors (Lipinski definition) is 7. The van der Waals surface area contributed by atoms with Gasteiger partial charge in [0.05, 0.1) is 28.4 Å². The van der Waals surface area contributed by atoms with Crippen LogP contribution in [-0.2, 0) is 12.8 Å². The molecule has 0 radical (unpaired) electrons. The standard InChI is InChI=1S/C22H25NO6/c1-23-7-6-11-16-14(23)8-13-12(9-15(24-2)20(27-5)19(13)26-4)17(16)21-22(18(11)25-3)29-10-28-21/h9,14H,6-8,10H2,1-5H3/t14-/m0/s1. The summed E-state index contributed by atoms with van der Waals surface area (Å²) in [6, 6.07) is 2.21. The number of hydrogen-bond donors (Lipinski definition) is 0. The molecule has 0 amide bonds. The molecule has 0 bridgehead atoms. The average molecular weight is 399 g/mol. The fourth-order valence-corrected chi connectivity index (χ4v) is 5.02. The van der Waals surface area contributed by atoms with Crippen molar-refractivity contribution in [3.8, 4) is 45.6 Å². The van der Waals surface area contributed by atoms with Crippen LogP contribution in [0, 0.1) is 0 Å². The zero-order valence-corrected chi connectivity index (χ0v) is 17.4. The van der Waals surface area contributed by atoms with Crippen molar-refractivity contribution in [2.45, 2.75) is 18.9 Å². The molecule has 0 N–H and O–H groups in total. The van der Waals surface area contributed by atoms with E-state index < -0.39 is 0 Å². The van der Waals surface area contributed by atoms with Crippen molar-refractivity contribution in [3.63, 3.8) is 0 Å². The summed E-state index contributed by atoms with van der Waals surface area (Å²) in [6.07, 6.45) is 1.70. The molecule has 2 aromatic carbocycles. The molecule has 1 atom stereocenters. The third-order valence-corrected chi connectivity index (χ3v) is 6.30. The molecule has 29 heavy (non-hydrogen) atoms. The van der Waals surface area contributed by atoms with E-state index in [4.69, 9.17) is 28.4 Å². The van der Waals surface area contributed by atoms with E-state index in [2.05, 4.69) is 11.9 Å². The van der Waals surface area contributed by atoms with Crippen molar-refractivity contribution >= 4 is 0 Å². The minimum Gasteiger partial charge on any atom is -0.493 e. The van der Waals surface area contributed by atoms with Crippen molar-refractivity contribution in [1.29, 1.82) is 0 Å². The molecule has 0 aromatic heterocycles. The van der Waals surface area contributed by atoms with Gasteiger partial charge in [-0.2, -0.15) is 0 Å². The largest absolute Gasteiger partial charge is 0.493 e. The Labute approximate surface area is 170 Å². The van der Waals surface area contributed by atoms with Crippen LogP contribution in [0.3, 0.4) is 0 Å². The summed E-state index contributed by atoms with van der Waals surface area (Å²) < 4.78 is 34.7. The van der Waals surface area contributed by atoms with E-state index >= 15 is 0 Å². The van der Waals surface area contributed by atoms with E-state index in [1.54, 1.807) is 28.4 Å². The molecular formula is C22H25NO6. The molecular weight excluding hydrogens is 374 g/mol. The van der Waals surface area contributed by atoms with Gasteiger partial charge >= 0.3 is 0 Å². The second kappa shape index (κ2) is 6.62. The molecule has 7 heteroatoms. The van der Waals surface area contributed by atoms with Gasteiger partial charge in [0.1, 0.15) is 0 Å². The third-order valence-electron chi connectivity index (χ3n) is 6.30. The second-order valence-corrected chi connectivity index (χ2v) is 7.49. The van der Waals surface area contributed by atoms with Gasteiger partial charge in [-0.25, -0.2) is 0 Å². The normalized spacial score (nSPS) is 18.7. The van der Waals surface area contributed by atoms with Gasteiger partial charge in [0.2, 0.25) is 18.3 Å². The van der Waals surface area contributed by atoms with Crippen molar-refractivity contribution < 1.29 is 28.4 Å². The lowest BCUT2D eigenvalue weighted by atomic mass is 9.75. The molecule has 0 saturated heterocycles.